The van der Waals surface area contributed by atoms with E-state index in [2.05, 4.69) is 180 Å². The van der Waals surface area contributed by atoms with Gasteiger partial charge in [0.05, 0.1) is 5.56 Å². The second-order valence-corrected chi connectivity index (χ2v) is 13.4. The average Bonchev–Trinajstić information content (AvgIpc) is 3.66. The number of fused-ring (bicyclic) bond motifs is 6. The van der Waals surface area contributed by atoms with E-state index in [0.717, 1.165) is 28.5 Å². The van der Waals surface area contributed by atoms with Gasteiger partial charge in [-0.05, 0) is 80.4 Å². The fourth-order valence-corrected chi connectivity index (χ4v) is 8.04. The van der Waals surface area contributed by atoms with Gasteiger partial charge >= 0.3 is 0 Å². The van der Waals surface area contributed by atoms with E-state index in [1.165, 1.54) is 56.0 Å². The largest absolute Gasteiger partial charge is 0.456 e. The molecule has 49 heavy (non-hydrogen) atoms. The van der Waals surface area contributed by atoms with E-state index in [0.29, 0.717) is 0 Å². The van der Waals surface area contributed by atoms with Crippen LogP contribution in [0.3, 0.4) is 0 Å². The van der Waals surface area contributed by atoms with Gasteiger partial charge in [-0.25, -0.2) is 0 Å². The van der Waals surface area contributed by atoms with Crippen molar-refractivity contribution in [2.45, 2.75) is 39.4 Å². The Hall–Kier alpha value is -5.87. The number of furan rings is 1. The molecule has 8 aromatic rings. The van der Waals surface area contributed by atoms with Gasteiger partial charge in [0.15, 0.2) is 18.6 Å². The van der Waals surface area contributed by atoms with Gasteiger partial charge in [-0.1, -0.05) is 54.6 Å². The molecule has 4 nitrogen and oxygen atoms in total. The molecule has 4 aromatic carbocycles. The van der Waals surface area contributed by atoms with Crippen molar-refractivity contribution in [1.29, 1.82) is 0 Å². The van der Waals surface area contributed by atoms with Crippen LogP contribution in [-0.4, -0.2) is 0 Å². The normalized spacial score (nSPS) is 14.2. The Balaban J connectivity index is 1.28. The predicted octanol–water partition coefficient (Wildman–Crippen LogP) is 9.22. The molecule has 0 bridgehead atoms. The fraction of sp³-hybridized carbons (Fsp3) is 0.133. The zero-order valence-electron chi connectivity index (χ0n) is 28.0. The van der Waals surface area contributed by atoms with Gasteiger partial charge in [0.25, 0.3) is 12.1 Å². The molecule has 0 saturated carbocycles. The third kappa shape index (κ3) is 4.86. The molecule has 2 unspecified atom stereocenters. The van der Waals surface area contributed by atoms with E-state index < -0.39 is 0 Å². The molecule has 1 aliphatic heterocycles. The van der Waals surface area contributed by atoms with Crippen molar-refractivity contribution < 1.29 is 18.1 Å². The van der Waals surface area contributed by atoms with Gasteiger partial charge in [0.1, 0.15) is 11.2 Å². The maximum absolute atomic E-state index is 6.28. The molecule has 0 amide bonds. The number of hydrogen-bond acceptors (Lipinski definition) is 1. The van der Waals surface area contributed by atoms with Crippen molar-refractivity contribution in [2.75, 3.05) is 0 Å². The Bertz CT molecular complexity index is 2500. The lowest BCUT2D eigenvalue weighted by Gasteiger charge is -2.19. The Labute approximate surface area is 286 Å². The van der Waals surface area contributed by atoms with Crippen LogP contribution < -0.4 is 13.7 Å². The maximum Gasteiger partial charge on any atom is 0.282 e. The van der Waals surface area contributed by atoms with Crippen molar-refractivity contribution in [3.8, 4) is 33.8 Å². The molecule has 5 heterocycles. The zero-order chi connectivity index (χ0) is 33.1. The van der Waals surface area contributed by atoms with E-state index in [1.807, 2.05) is 6.07 Å². The van der Waals surface area contributed by atoms with Crippen LogP contribution in [0.1, 0.15) is 34.3 Å². The minimum absolute atomic E-state index is 0.0370. The highest BCUT2D eigenvalue weighted by Crippen LogP contribution is 2.39. The van der Waals surface area contributed by atoms with Gasteiger partial charge in [-0.2, -0.15) is 13.7 Å². The Morgan fingerprint density at radius 1 is 0.571 bits per heavy atom. The monoisotopic (exact) mass is 636 g/mol. The molecule has 2 atom stereocenters. The number of nitrogens with zero attached hydrogens (tertiary/aromatic N) is 3. The molecular weight excluding hydrogens is 599 g/mol. The molecule has 0 aliphatic carbocycles. The summed E-state index contributed by atoms with van der Waals surface area (Å²) in [7, 11) is 0. The molecular formula is C45H38N3O+3. The number of aromatic nitrogens is 3. The van der Waals surface area contributed by atoms with Crippen molar-refractivity contribution in [1.82, 2.24) is 0 Å². The highest BCUT2D eigenvalue weighted by Gasteiger charge is 2.49. The number of pyridine rings is 3. The molecule has 0 radical (unpaired) electrons. The summed E-state index contributed by atoms with van der Waals surface area (Å²) in [6.45, 7) is 7.36. The SMILES string of the molecule is Cc1ccc(-c2cc3c(cc2C)oc2ccccc23)[n+](CC(C2c3ccccc3-c3cccc[n+]32)[n+]2ccccc2-c2ccccc2C)c1. The number of para-hydroxylation sites is 1. The lowest BCUT2D eigenvalue weighted by molar-refractivity contribution is -0.838. The fourth-order valence-electron chi connectivity index (χ4n) is 8.04. The van der Waals surface area contributed by atoms with Crippen LogP contribution in [0.5, 0.6) is 0 Å². The van der Waals surface area contributed by atoms with Gasteiger partial charge in [0, 0.05) is 63.4 Å². The average molecular weight is 637 g/mol. The van der Waals surface area contributed by atoms with E-state index in [9.17, 15) is 0 Å². The van der Waals surface area contributed by atoms with Crippen LogP contribution in [0.2, 0.25) is 0 Å². The van der Waals surface area contributed by atoms with E-state index >= 15 is 0 Å². The van der Waals surface area contributed by atoms with Gasteiger partial charge in [-0.15, -0.1) is 0 Å². The topological polar surface area (TPSA) is 24.8 Å². The van der Waals surface area contributed by atoms with Crippen LogP contribution in [0, 0.1) is 20.8 Å². The van der Waals surface area contributed by atoms with Crippen LogP contribution in [0.4, 0.5) is 0 Å². The number of aryl methyl sites for hydroxylation is 3. The van der Waals surface area contributed by atoms with Gasteiger partial charge in [-0.3, -0.25) is 0 Å². The van der Waals surface area contributed by atoms with Gasteiger partial charge < -0.3 is 4.42 Å². The summed E-state index contributed by atoms with van der Waals surface area (Å²) in [6, 6.07) is 48.4. The zero-order valence-corrected chi connectivity index (χ0v) is 28.0. The number of benzene rings is 4. The molecule has 1 aliphatic rings. The number of hydrogen-bond donors (Lipinski definition) is 0. The summed E-state index contributed by atoms with van der Waals surface area (Å²) >= 11 is 0. The molecule has 0 N–H and O–H groups in total. The quantitative estimate of drug-likeness (QED) is 0.167. The van der Waals surface area contributed by atoms with Crippen LogP contribution >= 0.6 is 0 Å². The molecule has 236 valence electrons. The highest BCUT2D eigenvalue weighted by molar-refractivity contribution is 6.06. The summed E-state index contributed by atoms with van der Waals surface area (Å²) in [5.74, 6) is 0. The smallest absolute Gasteiger partial charge is 0.282 e. The molecule has 0 spiro atoms. The second kappa shape index (κ2) is 11.7. The van der Waals surface area contributed by atoms with E-state index in [1.54, 1.807) is 0 Å². The van der Waals surface area contributed by atoms with Crippen LogP contribution in [0.15, 0.2) is 156 Å². The second-order valence-electron chi connectivity index (χ2n) is 13.4. The molecule has 9 rings (SSSR count). The third-order valence-corrected chi connectivity index (χ3v) is 10.3. The Kier molecular flexibility index (Phi) is 6.98. The minimum Gasteiger partial charge on any atom is -0.456 e. The summed E-state index contributed by atoms with van der Waals surface area (Å²) < 4.78 is 13.8. The lowest BCUT2D eigenvalue weighted by Crippen LogP contribution is -2.58. The maximum atomic E-state index is 6.28. The molecule has 0 saturated heterocycles. The lowest BCUT2D eigenvalue weighted by atomic mass is 9.95. The van der Waals surface area contributed by atoms with E-state index in [-0.39, 0.29) is 12.1 Å². The Morgan fingerprint density at radius 3 is 2.18 bits per heavy atom. The van der Waals surface area contributed by atoms with E-state index in [4.69, 9.17) is 4.42 Å². The van der Waals surface area contributed by atoms with Crippen molar-refractivity contribution in [2.24, 2.45) is 0 Å². The van der Waals surface area contributed by atoms with Crippen LogP contribution in [-0.2, 0) is 6.54 Å². The summed E-state index contributed by atoms with van der Waals surface area (Å²) in [5, 5.41) is 2.29. The molecule has 4 aromatic heterocycles. The summed E-state index contributed by atoms with van der Waals surface area (Å²) in [6.07, 6.45) is 6.86. The first-order chi connectivity index (χ1) is 24.0. The van der Waals surface area contributed by atoms with Crippen LogP contribution in [0.25, 0.3) is 55.7 Å². The first-order valence-corrected chi connectivity index (χ1v) is 17.1. The first-order valence-electron chi connectivity index (χ1n) is 17.1. The van der Waals surface area contributed by atoms with Crippen molar-refractivity contribution in [3.05, 3.63) is 174 Å². The molecule has 0 fully saturated rings. The molecule has 4 heteroatoms. The van der Waals surface area contributed by atoms with Crippen molar-refractivity contribution >= 4 is 21.9 Å². The number of rotatable bonds is 6. The first kappa shape index (κ1) is 29.3. The summed E-state index contributed by atoms with van der Waals surface area (Å²) in [4.78, 5) is 0. The Morgan fingerprint density at radius 2 is 1.31 bits per heavy atom. The van der Waals surface area contributed by atoms with Gasteiger partial charge in [0.2, 0.25) is 23.6 Å². The summed E-state index contributed by atoms with van der Waals surface area (Å²) in [5.41, 5.74) is 14.3. The highest BCUT2D eigenvalue weighted by atomic mass is 16.3. The standard InChI is InChI=1S/C45H38N3O/c1-30-22-23-39(37-27-38-35-17-8-9-21-43(35)49-44(38)26-32(37)3)46(28-30)29-42(47-24-12-10-19-40(47)33-15-5-4-14-31(33)2)45-36-18-7-6-16-34(36)41-20-11-13-25-48(41)45/h4-28,42,45H,29H2,1-3H3/q+3. The minimum atomic E-state index is 0.0370. The predicted molar refractivity (Wildman–Crippen MR) is 195 cm³/mol. The third-order valence-electron chi connectivity index (χ3n) is 10.3. The van der Waals surface area contributed by atoms with Crippen molar-refractivity contribution in [3.63, 3.8) is 0 Å².